The number of hydrogen-bond acceptors (Lipinski definition) is 2. The van der Waals surface area contributed by atoms with Crippen molar-refractivity contribution in [2.24, 2.45) is 0 Å². The number of benzene rings is 3. The molecule has 168 valence electrons. The van der Waals surface area contributed by atoms with Gasteiger partial charge >= 0.3 is 6.18 Å². The van der Waals surface area contributed by atoms with Crippen LogP contribution in [0.3, 0.4) is 0 Å². The van der Waals surface area contributed by atoms with Gasteiger partial charge in [0.05, 0.1) is 11.6 Å². The molecule has 0 unspecified atom stereocenters. The Morgan fingerprint density at radius 3 is 2.12 bits per heavy atom. The lowest BCUT2D eigenvalue weighted by atomic mass is 9.95. The molecule has 0 amide bonds. The van der Waals surface area contributed by atoms with Crippen LogP contribution < -0.4 is 10.6 Å². The minimum atomic E-state index is -4.37. The molecule has 0 radical (unpaired) electrons. The highest BCUT2D eigenvalue weighted by Crippen LogP contribution is 2.31. The summed E-state index contributed by atoms with van der Waals surface area (Å²) in [5.41, 5.74) is 2.28. The standard InChI is InChI=1S/C26H26F4N2/c1-18(31-2)25(20-8-4-3-5-9-20)32-24(22-10-6-7-11-23(22)27)17-14-19-12-15-21(16-13-19)26(28,29)30/h3-13,15-16,24-25,31-32H,1,14,17H2,2H3/t24-,25-/m0/s1. The van der Waals surface area contributed by atoms with Crippen LogP contribution >= 0.6 is 0 Å². The minimum absolute atomic E-state index is 0.279. The maximum absolute atomic E-state index is 14.7. The second-order valence-corrected chi connectivity index (χ2v) is 7.59. The van der Waals surface area contributed by atoms with Crippen LogP contribution in [0, 0.1) is 5.82 Å². The number of hydrogen-bond donors (Lipinski definition) is 2. The molecule has 32 heavy (non-hydrogen) atoms. The van der Waals surface area contributed by atoms with Gasteiger partial charge in [-0.3, -0.25) is 5.32 Å². The van der Waals surface area contributed by atoms with Crippen molar-refractivity contribution in [3.8, 4) is 0 Å². The summed E-state index contributed by atoms with van der Waals surface area (Å²) < 4.78 is 53.2. The highest BCUT2D eigenvalue weighted by Gasteiger charge is 2.30. The lowest BCUT2D eigenvalue weighted by molar-refractivity contribution is -0.137. The predicted octanol–water partition coefficient (Wildman–Crippen LogP) is 6.58. The third-order valence-electron chi connectivity index (χ3n) is 5.45. The molecule has 2 atom stereocenters. The number of halogens is 4. The van der Waals surface area contributed by atoms with E-state index in [0.717, 1.165) is 29.0 Å². The van der Waals surface area contributed by atoms with E-state index < -0.39 is 11.7 Å². The second kappa shape index (κ2) is 10.5. The van der Waals surface area contributed by atoms with Crippen molar-refractivity contribution in [3.63, 3.8) is 0 Å². The summed E-state index contributed by atoms with van der Waals surface area (Å²) in [6, 6.07) is 20.7. The maximum atomic E-state index is 14.7. The van der Waals surface area contributed by atoms with Gasteiger partial charge in [0.15, 0.2) is 0 Å². The Morgan fingerprint density at radius 2 is 1.53 bits per heavy atom. The first-order valence-electron chi connectivity index (χ1n) is 10.4. The van der Waals surface area contributed by atoms with E-state index >= 15 is 0 Å². The average Bonchev–Trinajstić information content (AvgIpc) is 2.79. The van der Waals surface area contributed by atoms with Crippen LogP contribution in [-0.4, -0.2) is 7.05 Å². The van der Waals surface area contributed by atoms with Gasteiger partial charge in [0, 0.05) is 24.4 Å². The lowest BCUT2D eigenvalue weighted by Gasteiger charge is -2.28. The van der Waals surface area contributed by atoms with Crippen LogP contribution in [0.25, 0.3) is 0 Å². The molecule has 3 rings (SSSR count). The van der Waals surface area contributed by atoms with E-state index in [1.807, 2.05) is 30.3 Å². The SMILES string of the molecule is C=C(NC)[C@H](N[C@@H](CCc1ccc(C(F)(F)F)cc1)c1ccccc1F)c1ccccc1. The topological polar surface area (TPSA) is 24.1 Å². The Labute approximate surface area is 186 Å². The third kappa shape index (κ3) is 5.98. The Balaban J connectivity index is 1.85. The maximum Gasteiger partial charge on any atom is 0.416 e. The van der Waals surface area contributed by atoms with E-state index in [4.69, 9.17) is 0 Å². The molecule has 6 heteroatoms. The predicted molar refractivity (Wildman–Crippen MR) is 119 cm³/mol. The van der Waals surface area contributed by atoms with Gasteiger partial charge in [-0.05, 0) is 42.2 Å². The monoisotopic (exact) mass is 442 g/mol. The van der Waals surface area contributed by atoms with E-state index in [2.05, 4.69) is 17.2 Å². The van der Waals surface area contributed by atoms with Gasteiger partial charge in [-0.2, -0.15) is 13.2 Å². The number of nitrogens with one attached hydrogen (secondary N) is 2. The molecule has 0 aliphatic rings. The van der Waals surface area contributed by atoms with Crippen molar-refractivity contribution in [1.82, 2.24) is 10.6 Å². The number of likely N-dealkylation sites (N-methyl/N-ethyl adjacent to an activating group) is 1. The van der Waals surface area contributed by atoms with Crippen LogP contribution in [0.4, 0.5) is 17.6 Å². The Hall–Kier alpha value is -3.12. The number of alkyl halides is 3. The van der Waals surface area contributed by atoms with Crippen LogP contribution in [0.2, 0.25) is 0 Å². The van der Waals surface area contributed by atoms with Gasteiger partial charge in [0.25, 0.3) is 0 Å². The molecule has 3 aromatic rings. The molecule has 0 heterocycles. The average molecular weight is 443 g/mol. The molecule has 0 fully saturated rings. The lowest BCUT2D eigenvalue weighted by Crippen LogP contribution is -2.32. The molecule has 0 spiro atoms. The zero-order valence-corrected chi connectivity index (χ0v) is 17.8. The van der Waals surface area contributed by atoms with Crippen LogP contribution in [0.15, 0.2) is 91.1 Å². The quantitative estimate of drug-likeness (QED) is 0.366. The molecule has 0 saturated heterocycles. The first-order chi connectivity index (χ1) is 15.3. The smallest absolute Gasteiger partial charge is 0.390 e. The van der Waals surface area contributed by atoms with Gasteiger partial charge in [-0.25, -0.2) is 4.39 Å². The normalized spacial score (nSPS) is 13.4. The molecule has 0 saturated carbocycles. The highest BCUT2D eigenvalue weighted by atomic mass is 19.4. The summed E-state index contributed by atoms with van der Waals surface area (Å²) in [4.78, 5) is 0. The first kappa shape index (κ1) is 23.5. The van der Waals surface area contributed by atoms with Crippen molar-refractivity contribution in [1.29, 1.82) is 0 Å². The summed E-state index contributed by atoms with van der Waals surface area (Å²) in [7, 11) is 1.78. The van der Waals surface area contributed by atoms with Gasteiger partial charge in [-0.15, -0.1) is 0 Å². The summed E-state index contributed by atoms with van der Waals surface area (Å²) in [5, 5.41) is 6.57. The summed E-state index contributed by atoms with van der Waals surface area (Å²) in [6.07, 6.45) is -3.39. The van der Waals surface area contributed by atoms with E-state index in [9.17, 15) is 17.6 Å². The molecule has 0 bridgehead atoms. The van der Waals surface area contributed by atoms with Gasteiger partial charge < -0.3 is 5.32 Å². The van der Waals surface area contributed by atoms with Crippen LogP contribution in [-0.2, 0) is 12.6 Å². The zero-order valence-electron chi connectivity index (χ0n) is 17.8. The Morgan fingerprint density at radius 1 is 0.906 bits per heavy atom. The Kier molecular flexibility index (Phi) is 7.70. The van der Waals surface area contributed by atoms with Crippen molar-refractivity contribution < 1.29 is 17.6 Å². The fourth-order valence-electron chi connectivity index (χ4n) is 3.65. The largest absolute Gasteiger partial charge is 0.416 e. The number of rotatable bonds is 9. The molecular formula is C26H26F4N2. The van der Waals surface area contributed by atoms with Crippen molar-refractivity contribution in [3.05, 3.63) is 119 Å². The Bertz CT molecular complexity index is 1010. The van der Waals surface area contributed by atoms with Crippen LogP contribution in [0.5, 0.6) is 0 Å². The highest BCUT2D eigenvalue weighted by molar-refractivity contribution is 5.29. The van der Waals surface area contributed by atoms with Crippen molar-refractivity contribution in [2.75, 3.05) is 7.05 Å². The van der Waals surface area contributed by atoms with Crippen molar-refractivity contribution >= 4 is 0 Å². The number of aryl methyl sites for hydroxylation is 1. The van der Waals surface area contributed by atoms with E-state index in [-0.39, 0.29) is 17.9 Å². The molecular weight excluding hydrogens is 416 g/mol. The summed E-state index contributed by atoms with van der Waals surface area (Å²) >= 11 is 0. The minimum Gasteiger partial charge on any atom is -0.390 e. The molecule has 0 aliphatic carbocycles. The van der Waals surface area contributed by atoms with E-state index in [0.29, 0.717) is 18.4 Å². The fourth-order valence-corrected chi connectivity index (χ4v) is 3.65. The van der Waals surface area contributed by atoms with Gasteiger partial charge in [0.1, 0.15) is 5.82 Å². The molecule has 3 aromatic carbocycles. The molecule has 0 aromatic heterocycles. The second-order valence-electron chi connectivity index (χ2n) is 7.59. The van der Waals surface area contributed by atoms with Gasteiger partial charge in [0.2, 0.25) is 0 Å². The van der Waals surface area contributed by atoms with E-state index in [1.165, 1.54) is 18.2 Å². The molecule has 2 N–H and O–H groups in total. The van der Waals surface area contributed by atoms with Crippen molar-refractivity contribution in [2.45, 2.75) is 31.1 Å². The third-order valence-corrected chi connectivity index (χ3v) is 5.45. The molecule has 2 nitrogen and oxygen atoms in total. The fraction of sp³-hybridized carbons (Fsp3) is 0.231. The zero-order chi connectivity index (χ0) is 23.1. The summed E-state index contributed by atoms with van der Waals surface area (Å²) in [6.45, 7) is 4.10. The first-order valence-corrected chi connectivity index (χ1v) is 10.4. The van der Waals surface area contributed by atoms with Crippen LogP contribution in [0.1, 0.15) is 40.8 Å². The van der Waals surface area contributed by atoms with Gasteiger partial charge in [-0.1, -0.05) is 67.2 Å². The summed E-state index contributed by atoms with van der Waals surface area (Å²) in [5.74, 6) is -0.334. The van der Waals surface area contributed by atoms with E-state index in [1.54, 1.807) is 25.2 Å². The molecule has 0 aliphatic heterocycles.